The van der Waals surface area contributed by atoms with Crippen LogP contribution in [0.25, 0.3) is 0 Å². The highest BCUT2D eigenvalue weighted by molar-refractivity contribution is 7.07. The molecule has 1 aliphatic heterocycles. The molecule has 1 atom stereocenters. The second-order valence-electron chi connectivity index (χ2n) is 5.94. The van der Waals surface area contributed by atoms with Crippen molar-refractivity contribution in [2.45, 2.75) is 38.6 Å². The van der Waals surface area contributed by atoms with Crippen molar-refractivity contribution in [3.63, 3.8) is 0 Å². The topological polar surface area (TPSA) is 68.5 Å². The number of aromatic nitrogens is 2. The lowest BCUT2D eigenvalue weighted by Gasteiger charge is -2.33. The van der Waals surface area contributed by atoms with E-state index in [1.54, 1.807) is 11.3 Å². The summed E-state index contributed by atoms with van der Waals surface area (Å²) in [5.74, 6) is 1.34. The predicted molar refractivity (Wildman–Crippen MR) is 86.3 cm³/mol. The Morgan fingerprint density at radius 3 is 3.04 bits per heavy atom. The average Bonchev–Trinajstić information content (AvgIpc) is 3.24. The van der Waals surface area contributed by atoms with Crippen LogP contribution in [-0.4, -0.2) is 40.8 Å². The Balaban J connectivity index is 1.68. The van der Waals surface area contributed by atoms with Crippen LogP contribution in [0.4, 0.5) is 0 Å². The molecule has 1 aliphatic rings. The Hall–Kier alpha value is -1.73. The average molecular weight is 335 g/mol. The lowest BCUT2D eigenvalue weighted by molar-refractivity contribution is -0.141. The molecular weight excluding hydrogens is 314 g/mol. The monoisotopic (exact) mass is 335 g/mol. The van der Waals surface area contributed by atoms with Crippen LogP contribution in [-0.2, 0) is 16.0 Å². The Bertz CT molecular complexity index is 639. The van der Waals surface area contributed by atoms with E-state index in [1.807, 2.05) is 24.1 Å². The second kappa shape index (κ2) is 7.23. The number of carbonyl (C=O) groups is 1. The summed E-state index contributed by atoms with van der Waals surface area (Å²) in [6.07, 6.45) is 1.24. The van der Waals surface area contributed by atoms with E-state index in [4.69, 9.17) is 9.15 Å². The molecule has 3 heterocycles. The Kier molecular flexibility index (Phi) is 5.07. The molecule has 0 bridgehead atoms. The second-order valence-corrected chi connectivity index (χ2v) is 6.72. The minimum Gasteiger partial charge on any atom is -0.423 e. The molecule has 124 valence electrons. The van der Waals surface area contributed by atoms with E-state index in [0.717, 1.165) is 6.42 Å². The zero-order valence-corrected chi connectivity index (χ0v) is 14.2. The van der Waals surface area contributed by atoms with Crippen LogP contribution in [0.2, 0.25) is 0 Å². The van der Waals surface area contributed by atoms with E-state index in [2.05, 4.69) is 21.6 Å². The van der Waals surface area contributed by atoms with Crippen LogP contribution in [0.5, 0.6) is 0 Å². The maximum atomic E-state index is 12.6. The number of ether oxygens (including phenoxy) is 1. The quantitative estimate of drug-likeness (QED) is 0.840. The molecule has 23 heavy (non-hydrogen) atoms. The van der Waals surface area contributed by atoms with E-state index < -0.39 is 0 Å². The van der Waals surface area contributed by atoms with E-state index in [9.17, 15) is 4.79 Å². The van der Waals surface area contributed by atoms with Gasteiger partial charge in [-0.3, -0.25) is 4.79 Å². The van der Waals surface area contributed by atoms with E-state index in [-0.39, 0.29) is 17.9 Å². The number of rotatable bonds is 5. The van der Waals surface area contributed by atoms with Crippen LogP contribution in [0, 0.1) is 0 Å². The van der Waals surface area contributed by atoms with E-state index in [0.29, 0.717) is 38.0 Å². The van der Waals surface area contributed by atoms with Gasteiger partial charge in [0.15, 0.2) is 0 Å². The van der Waals surface area contributed by atoms with Crippen molar-refractivity contribution in [3.8, 4) is 0 Å². The summed E-state index contributed by atoms with van der Waals surface area (Å²) in [6.45, 7) is 5.51. The lowest BCUT2D eigenvalue weighted by Crippen LogP contribution is -2.43. The van der Waals surface area contributed by atoms with E-state index in [1.165, 1.54) is 5.56 Å². The summed E-state index contributed by atoms with van der Waals surface area (Å²) in [5.41, 5.74) is 1.20. The molecule has 7 heteroatoms. The van der Waals surface area contributed by atoms with Crippen molar-refractivity contribution in [2.24, 2.45) is 0 Å². The molecule has 1 saturated heterocycles. The number of hydrogen-bond donors (Lipinski definition) is 0. The van der Waals surface area contributed by atoms with Crippen molar-refractivity contribution in [1.82, 2.24) is 15.1 Å². The van der Waals surface area contributed by atoms with Crippen LogP contribution >= 0.6 is 11.3 Å². The first-order valence-electron chi connectivity index (χ1n) is 7.86. The summed E-state index contributed by atoms with van der Waals surface area (Å²) in [5, 5.41) is 12.3. The van der Waals surface area contributed by atoms with Crippen molar-refractivity contribution in [3.05, 3.63) is 34.2 Å². The van der Waals surface area contributed by atoms with Crippen molar-refractivity contribution < 1.29 is 13.9 Å². The fourth-order valence-electron chi connectivity index (χ4n) is 2.55. The summed E-state index contributed by atoms with van der Waals surface area (Å²) in [6, 6.07) is 1.78. The minimum atomic E-state index is -0.279. The smallest absolute Gasteiger partial charge is 0.241 e. The Labute approximate surface area is 139 Å². The number of thiophene rings is 1. The van der Waals surface area contributed by atoms with Crippen LogP contribution in [0.1, 0.15) is 49.6 Å². The Morgan fingerprint density at radius 1 is 1.48 bits per heavy atom. The number of morpholine rings is 1. The highest BCUT2D eigenvalue weighted by atomic mass is 32.1. The number of amides is 1. The molecule has 0 N–H and O–H groups in total. The van der Waals surface area contributed by atoms with E-state index >= 15 is 0 Å². The summed E-state index contributed by atoms with van der Waals surface area (Å²) < 4.78 is 11.2. The Morgan fingerprint density at radius 2 is 2.35 bits per heavy atom. The molecule has 0 aromatic carbocycles. The third-order valence-corrected chi connectivity index (χ3v) is 4.62. The third-order valence-electron chi connectivity index (χ3n) is 3.89. The highest BCUT2D eigenvalue weighted by Gasteiger charge is 2.32. The highest BCUT2D eigenvalue weighted by Crippen LogP contribution is 2.26. The van der Waals surface area contributed by atoms with Gasteiger partial charge in [-0.25, -0.2) is 0 Å². The normalized spacial score (nSPS) is 18.6. The zero-order chi connectivity index (χ0) is 16.2. The van der Waals surface area contributed by atoms with Crippen LogP contribution in [0.15, 0.2) is 21.2 Å². The summed E-state index contributed by atoms with van der Waals surface area (Å²) in [7, 11) is 0. The number of carbonyl (C=O) groups excluding carboxylic acids is 1. The van der Waals surface area contributed by atoms with Gasteiger partial charge < -0.3 is 14.1 Å². The van der Waals surface area contributed by atoms with Crippen LogP contribution < -0.4 is 0 Å². The first-order chi connectivity index (χ1) is 11.1. The standard InChI is InChI=1S/C16H21N3O3S/c1-11(2)15-17-18-16(22-15)13-9-21-7-6-19(13)14(20)4-3-12-5-8-23-10-12/h5,8,10-11,13H,3-4,6-7,9H2,1-2H3/t13-/m0/s1. The van der Waals surface area contributed by atoms with Gasteiger partial charge in [-0.05, 0) is 28.8 Å². The van der Waals surface area contributed by atoms with Gasteiger partial charge in [-0.2, -0.15) is 11.3 Å². The number of hydrogen-bond acceptors (Lipinski definition) is 6. The first-order valence-corrected chi connectivity index (χ1v) is 8.81. The van der Waals surface area contributed by atoms with Crippen LogP contribution in [0.3, 0.4) is 0 Å². The van der Waals surface area contributed by atoms with Gasteiger partial charge in [0.2, 0.25) is 17.7 Å². The minimum absolute atomic E-state index is 0.105. The third kappa shape index (κ3) is 3.79. The SMILES string of the molecule is CC(C)c1nnc([C@@H]2COCCN2C(=O)CCc2ccsc2)o1. The van der Waals surface area contributed by atoms with Gasteiger partial charge in [0, 0.05) is 18.9 Å². The van der Waals surface area contributed by atoms with Gasteiger partial charge in [0.05, 0.1) is 13.2 Å². The molecule has 6 nitrogen and oxygen atoms in total. The van der Waals surface area contributed by atoms with Gasteiger partial charge in [0.1, 0.15) is 6.04 Å². The molecule has 1 fully saturated rings. The summed E-state index contributed by atoms with van der Waals surface area (Å²) >= 11 is 1.65. The molecule has 3 rings (SSSR count). The maximum absolute atomic E-state index is 12.6. The molecule has 1 amide bonds. The van der Waals surface area contributed by atoms with Crippen molar-refractivity contribution in [1.29, 1.82) is 0 Å². The number of nitrogens with zero attached hydrogens (tertiary/aromatic N) is 3. The molecule has 0 spiro atoms. The van der Waals surface area contributed by atoms with Crippen molar-refractivity contribution in [2.75, 3.05) is 19.8 Å². The molecule has 2 aromatic rings. The molecule has 2 aromatic heterocycles. The predicted octanol–water partition coefficient (Wildman–Crippen LogP) is 2.79. The number of aryl methyl sites for hydroxylation is 1. The lowest BCUT2D eigenvalue weighted by atomic mass is 10.1. The van der Waals surface area contributed by atoms with Gasteiger partial charge in [-0.1, -0.05) is 13.8 Å². The first kappa shape index (κ1) is 16.1. The molecule has 0 radical (unpaired) electrons. The molecular formula is C16H21N3O3S. The van der Waals surface area contributed by atoms with Gasteiger partial charge in [-0.15, -0.1) is 10.2 Å². The maximum Gasteiger partial charge on any atom is 0.241 e. The fourth-order valence-corrected chi connectivity index (χ4v) is 3.25. The zero-order valence-electron chi connectivity index (χ0n) is 13.4. The molecule has 0 aliphatic carbocycles. The van der Waals surface area contributed by atoms with Gasteiger partial charge in [0.25, 0.3) is 0 Å². The van der Waals surface area contributed by atoms with Gasteiger partial charge >= 0.3 is 0 Å². The largest absolute Gasteiger partial charge is 0.423 e. The summed E-state index contributed by atoms with van der Waals surface area (Å²) in [4.78, 5) is 14.4. The van der Waals surface area contributed by atoms with Crippen molar-refractivity contribution >= 4 is 17.2 Å². The molecule has 0 unspecified atom stereocenters. The fraction of sp³-hybridized carbons (Fsp3) is 0.562. The molecule has 0 saturated carbocycles.